The quantitative estimate of drug-likeness (QED) is 0.663. The molecule has 6 nitrogen and oxygen atoms in total. The molecule has 3 N–H and O–H groups in total. The fraction of sp³-hybridized carbons (Fsp3) is 0.500. The highest BCUT2D eigenvalue weighted by molar-refractivity contribution is 7.13. The first-order chi connectivity index (χ1) is 12.1. The lowest BCUT2D eigenvalue weighted by Crippen LogP contribution is -2.47. The third-order valence-electron chi connectivity index (χ3n) is 4.57. The summed E-state index contributed by atoms with van der Waals surface area (Å²) in [6, 6.07) is 7.53. The van der Waals surface area contributed by atoms with Crippen LogP contribution in [0.2, 0.25) is 0 Å². The van der Waals surface area contributed by atoms with Gasteiger partial charge in [0, 0.05) is 24.4 Å². The lowest BCUT2D eigenvalue weighted by atomic mass is 10.1. The molecule has 0 bridgehead atoms. The number of fused-ring (bicyclic) bond motifs is 1. The Kier molecular flexibility index (Phi) is 5.86. The van der Waals surface area contributed by atoms with E-state index in [9.17, 15) is 9.59 Å². The predicted octanol–water partition coefficient (Wildman–Crippen LogP) is 2.52. The molecule has 134 valence electrons. The molecule has 25 heavy (non-hydrogen) atoms. The number of benzene rings is 1. The molecule has 0 aliphatic heterocycles. The van der Waals surface area contributed by atoms with Crippen molar-refractivity contribution in [1.82, 2.24) is 15.0 Å². The summed E-state index contributed by atoms with van der Waals surface area (Å²) >= 11 is 1.45. The lowest BCUT2D eigenvalue weighted by molar-refractivity contribution is -0.130. The van der Waals surface area contributed by atoms with Crippen molar-refractivity contribution in [2.45, 2.75) is 38.6 Å². The molecule has 1 aliphatic rings. The van der Waals surface area contributed by atoms with E-state index in [0.717, 1.165) is 41.6 Å². The van der Waals surface area contributed by atoms with Crippen LogP contribution in [0.15, 0.2) is 24.3 Å². The third kappa shape index (κ3) is 4.48. The zero-order valence-corrected chi connectivity index (χ0v) is 15.2. The molecule has 1 aromatic heterocycles. The molecular formula is C18H24N4O2S. The summed E-state index contributed by atoms with van der Waals surface area (Å²) in [4.78, 5) is 24.2. The van der Waals surface area contributed by atoms with Gasteiger partial charge in [0.1, 0.15) is 11.9 Å². The first-order valence-corrected chi connectivity index (χ1v) is 9.59. The van der Waals surface area contributed by atoms with E-state index in [-0.39, 0.29) is 17.7 Å². The predicted molar refractivity (Wildman–Crippen MR) is 101 cm³/mol. The second-order valence-corrected chi connectivity index (χ2v) is 7.26. The van der Waals surface area contributed by atoms with Crippen molar-refractivity contribution in [3.8, 4) is 0 Å². The van der Waals surface area contributed by atoms with Gasteiger partial charge >= 0.3 is 0 Å². The molecule has 0 unspecified atom stereocenters. The van der Waals surface area contributed by atoms with Gasteiger partial charge in [0.2, 0.25) is 11.8 Å². The highest BCUT2D eigenvalue weighted by atomic mass is 32.1. The number of hydrogen-bond acceptors (Lipinski definition) is 5. The molecule has 2 amide bonds. The summed E-state index contributed by atoms with van der Waals surface area (Å²) in [6.45, 7) is 2.79. The average Bonchev–Trinajstić information content (AvgIpc) is 3.28. The van der Waals surface area contributed by atoms with Gasteiger partial charge in [-0.2, -0.15) is 4.37 Å². The highest BCUT2D eigenvalue weighted by Crippen LogP contribution is 2.26. The number of aromatic nitrogens is 1. The number of carbonyl (C=O) groups excluding carboxylic acids is 2. The van der Waals surface area contributed by atoms with Crippen LogP contribution in [0.25, 0.3) is 10.1 Å². The number of nitrogens with one attached hydrogen (secondary N) is 3. The Morgan fingerprint density at radius 2 is 2.00 bits per heavy atom. The van der Waals surface area contributed by atoms with Crippen LogP contribution in [0.5, 0.6) is 0 Å². The molecular weight excluding hydrogens is 336 g/mol. The summed E-state index contributed by atoms with van der Waals surface area (Å²) in [5.74, 6) is 0.774. The minimum atomic E-state index is -0.506. The zero-order valence-electron chi connectivity index (χ0n) is 14.4. The number of nitrogens with zero attached hydrogens (tertiary/aromatic N) is 1. The fourth-order valence-electron chi connectivity index (χ4n) is 3.12. The summed E-state index contributed by atoms with van der Waals surface area (Å²) in [7, 11) is 0. The van der Waals surface area contributed by atoms with E-state index in [1.165, 1.54) is 11.5 Å². The molecule has 1 atom stereocenters. The minimum absolute atomic E-state index is 0.00668. The van der Waals surface area contributed by atoms with Crippen LogP contribution in [-0.4, -0.2) is 35.3 Å². The van der Waals surface area contributed by atoms with E-state index in [4.69, 9.17) is 0 Å². The van der Waals surface area contributed by atoms with Crippen molar-refractivity contribution in [1.29, 1.82) is 0 Å². The number of amides is 2. The van der Waals surface area contributed by atoms with Crippen LogP contribution in [0.1, 0.15) is 32.6 Å². The van der Waals surface area contributed by atoms with Crippen molar-refractivity contribution >= 4 is 39.3 Å². The van der Waals surface area contributed by atoms with E-state index in [2.05, 4.69) is 20.3 Å². The Labute approximate surface area is 151 Å². The van der Waals surface area contributed by atoms with Gasteiger partial charge in [0.15, 0.2) is 0 Å². The number of carbonyl (C=O) groups is 2. The smallest absolute Gasteiger partial charge is 0.242 e. The van der Waals surface area contributed by atoms with Crippen molar-refractivity contribution in [3.05, 3.63) is 24.3 Å². The fourth-order valence-corrected chi connectivity index (χ4v) is 3.87. The van der Waals surface area contributed by atoms with E-state index in [1.807, 2.05) is 24.3 Å². The van der Waals surface area contributed by atoms with Gasteiger partial charge in [-0.15, -0.1) is 0 Å². The molecule has 2 aromatic rings. The molecule has 0 radical (unpaired) electrons. The van der Waals surface area contributed by atoms with E-state index >= 15 is 0 Å². The van der Waals surface area contributed by atoms with Crippen LogP contribution in [0, 0.1) is 5.92 Å². The second-order valence-electron chi connectivity index (χ2n) is 6.46. The summed E-state index contributed by atoms with van der Waals surface area (Å²) < 4.78 is 5.53. The van der Waals surface area contributed by atoms with Crippen LogP contribution in [0.3, 0.4) is 0 Å². The van der Waals surface area contributed by atoms with Crippen LogP contribution < -0.4 is 16.0 Å². The Morgan fingerprint density at radius 3 is 2.80 bits per heavy atom. The van der Waals surface area contributed by atoms with Gasteiger partial charge in [0.25, 0.3) is 0 Å². The largest absolute Gasteiger partial charge is 0.367 e. The van der Waals surface area contributed by atoms with Gasteiger partial charge in [0.05, 0.1) is 4.70 Å². The monoisotopic (exact) mass is 360 g/mol. The Bertz CT molecular complexity index is 740. The number of hydrogen-bond donors (Lipinski definition) is 3. The average molecular weight is 360 g/mol. The second kappa shape index (κ2) is 8.29. The van der Waals surface area contributed by atoms with Crippen molar-refractivity contribution < 1.29 is 9.59 Å². The van der Waals surface area contributed by atoms with Crippen molar-refractivity contribution in [2.24, 2.45) is 5.92 Å². The zero-order chi connectivity index (χ0) is 17.6. The molecule has 0 spiro atoms. The third-order valence-corrected chi connectivity index (χ3v) is 5.40. The lowest BCUT2D eigenvalue weighted by Gasteiger charge is -2.17. The van der Waals surface area contributed by atoms with Crippen LogP contribution in [0.4, 0.5) is 5.82 Å². The van der Waals surface area contributed by atoms with E-state index in [1.54, 1.807) is 6.92 Å². The summed E-state index contributed by atoms with van der Waals surface area (Å²) in [5, 5.41) is 10.0. The summed E-state index contributed by atoms with van der Waals surface area (Å²) in [6.07, 6.45) is 4.09. The number of anilines is 1. The van der Waals surface area contributed by atoms with Gasteiger partial charge in [-0.3, -0.25) is 9.59 Å². The molecule has 1 aromatic carbocycles. The first-order valence-electron chi connectivity index (χ1n) is 8.81. The number of rotatable bonds is 7. The normalized spacial score (nSPS) is 15.9. The van der Waals surface area contributed by atoms with Crippen LogP contribution >= 0.6 is 11.5 Å². The van der Waals surface area contributed by atoms with Gasteiger partial charge in [-0.25, -0.2) is 0 Å². The van der Waals surface area contributed by atoms with Gasteiger partial charge in [-0.05, 0) is 43.4 Å². The maximum atomic E-state index is 12.1. The van der Waals surface area contributed by atoms with Crippen molar-refractivity contribution in [2.75, 3.05) is 18.4 Å². The van der Waals surface area contributed by atoms with Gasteiger partial charge < -0.3 is 16.0 Å². The Balaban J connectivity index is 1.39. The Morgan fingerprint density at radius 1 is 1.24 bits per heavy atom. The van der Waals surface area contributed by atoms with E-state index < -0.39 is 6.04 Å². The van der Waals surface area contributed by atoms with Crippen LogP contribution in [-0.2, 0) is 9.59 Å². The molecule has 0 saturated heterocycles. The summed E-state index contributed by atoms with van der Waals surface area (Å²) in [5.41, 5.74) is 0. The molecule has 3 rings (SSSR count). The van der Waals surface area contributed by atoms with E-state index in [0.29, 0.717) is 13.1 Å². The highest BCUT2D eigenvalue weighted by Gasteiger charge is 2.25. The standard InChI is InChI=1S/C18H24N4O2S/c1-12(21-18(24)13-6-2-3-7-13)17(23)20-11-10-19-16-14-8-4-5-9-15(14)25-22-16/h4-5,8-9,12-13H,2-3,6-7,10-11H2,1H3,(H,19,22)(H,20,23)(H,21,24)/t12-/m0/s1. The molecule has 1 aliphatic carbocycles. The molecule has 1 fully saturated rings. The van der Waals surface area contributed by atoms with Crippen molar-refractivity contribution in [3.63, 3.8) is 0 Å². The maximum absolute atomic E-state index is 12.1. The SMILES string of the molecule is C[C@H](NC(=O)C1CCCC1)C(=O)NCCNc1nsc2ccccc12. The topological polar surface area (TPSA) is 83.1 Å². The first kappa shape index (κ1) is 17.7. The molecule has 1 heterocycles. The molecule has 7 heteroatoms. The Hall–Kier alpha value is -2.15. The minimum Gasteiger partial charge on any atom is -0.367 e. The molecule has 1 saturated carbocycles. The van der Waals surface area contributed by atoms with Gasteiger partial charge in [-0.1, -0.05) is 25.0 Å². The maximum Gasteiger partial charge on any atom is 0.242 e.